The molecule has 0 saturated carbocycles. The molecule has 9 nitrogen and oxygen atoms in total. The van der Waals surface area contributed by atoms with Crippen molar-refractivity contribution >= 4 is 31.8 Å². The fraction of sp³-hybridized carbons (Fsp3) is 0.0769. The monoisotopic (exact) mass is 513 g/mol. The summed E-state index contributed by atoms with van der Waals surface area (Å²) in [5.41, 5.74) is 6.32. The Morgan fingerprint density at radius 1 is 0.919 bits per heavy atom. The van der Waals surface area contributed by atoms with Gasteiger partial charge in [-0.2, -0.15) is 5.10 Å². The molecule has 3 N–H and O–H groups in total. The highest BCUT2D eigenvalue weighted by atomic mass is 32.2. The summed E-state index contributed by atoms with van der Waals surface area (Å²) in [6.45, 7) is -0.0233. The summed E-state index contributed by atoms with van der Waals surface area (Å²) in [7, 11) is -3.42. The first-order chi connectivity index (χ1) is 17.8. The molecule has 0 radical (unpaired) electrons. The Balaban J connectivity index is 1.44. The molecule has 0 bridgehead atoms. The molecule has 5 heterocycles. The maximum atomic E-state index is 14.5. The first kappa shape index (κ1) is 23.0. The molecule has 0 amide bonds. The second kappa shape index (κ2) is 8.87. The lowest BCUT2D eigenvalue weighted by atomic mass is 10.0. The van der Waals surface area contributed by atoms with Crippen molar-refractivity contribution in [2.24, 2.45) is 0 Å². The first-order valence-corrected chi connectivity index (χ1v) is 13.2. The smallest absolute Gasteiger partial charge is 0.209 e. The van der Waals surface area contributed by atoms with E-state index < -0.39 is 15.8 Å². The van der Waals surface area contributed by atoms with Gasteiger partial charge in [0.05, 0.1) is 35.1 Å². The number of nitrogens with one attached hydrogen (secondary N) is 3. The zero-order valence-corrected chi connectivity index (χ0v) is 20.3. The van der Waals surface area contributed by atoms with Gasteiger partial charge in [-0.25, -0.2) is 17.5 Å². The van der Waals surface area contributed by atoms with E-state index in [-0.39, 0.29) is 6.54 Å². The van der Waals surface area contributed by atoms with Crippen molar-refractivity contribution in [3.05, 3.63) is 84.7 Å². The molecule has 6 rings (SSSR count). The Morgan fingerprint density at radius 2 is 1.78 bits per heavy atom. The van der Waals surface area contributed by atoms with Gasteiger partial charge in [-0.15, -0.1) is 0 Å². The number of benzene rings is 1. The minimum atomic E-state index is -3.42. The second-order valence-corrected chi connectivity index (χ2v) is 10.5. The van der Waals surface area contributed by atoms with E-state index in [1.54, 1.807) is 30.9 Å². The number of pyridine rings is 3. The number of hydrogen-bond donors (Lipinski definition) is 3. The van der Waals surface area contributed by atoms with Gasteiger partial charge >= 0.3 is 0 Å². The highest BCUT2D eigenvalue weighted by molar-refractivity contribution is 7.88. The predicted molar refractivity (Wildman–Crippen MR) is 139 cm³/mol. The molecule has 0 atom stereocenters. The van der Waals surface area contributed by atoms with Crippen LogP contribution in [0.5, 0.6) is 0 Å². The standard InChI is InChI=1S/C26H20FN7O2S/c1-37(35,36)31-12-15-7-17(9-18(27)8-15)25-19-11-23(32-21(19)4-6-29-25)26-20-10-22(16-3-2-5-28-13-16)30-14-24(20)33-34-26/h2-11,13-14,31-32H,12H2,1H3,(H,33,34). The fourth-order valence-electron chi connectivity index (χ4n) is 4.31. The lowest BCUT2D eigenvalue weighted by molar-refractivity contribution is 0.586. The third kappa shape index (κ3) is 4.57. The molecule has 5 aromatic heterocycles. The lowest BCUT2D eigenvalue weighted by Crippen LogP contribution is -2.21. The Morgan fingerprint density at radius 3 is 2.59 bits per heavy atom. The van der Waals surface area contributed by atoms with Gasteiger partial charge < -0.3 is 4.98 Å². The number of halogens is 1. The maximum Gasteiger partial charge on any atom is 0.209 e. The van der Waals surface area contributed by atoms with Crippen LogP contribution in [0.3, 0.4) is 0 Å². The van der Waals surface area contributed by atoms with Gasteiger partial charge in [0, 0.05) is 52.6 Å². The Bertz CT molecular complexity index is 1880. The van der Waals surface area contributed by atoms with E-state index in [4.69, 9.17) is 0 Å². The van der Waals surface area contributed by atoms with E-state index in [0.29, 0.717) is 22.5 Å². The number of aromatic amines is 2. The second-order valence-electron chi connectivity index (χ2n) is 8.67. The van der Waals surface area contributed by atoms with Gasteiger partial charge in [0.25, 0.3) is 0 Å². The van der Waals surface area contributed by atoms with E-state index in [1.165, 1.54) is 12.1 Å². The number of hydrogen-bond acceptors (Lipinski definition) is 6. The minimum absolute atomic E-state index is 0.0233. The van der Waals surface area contributed by atoms with Gasteiger partial charge in [-0.05, 0) is 54.1 Å². The van der Waals surface area contributed by atoms with Crippen molar-refractivity contribution < 1.29 is 12.8 Å². The molecule has 1 aromatic carbocycles. The van der Waals surface area contributed by atoms with Gasteiger partial charge in [-0.1, -0.05) is 0 Å². The van der Waals surface area contributed by atoms with Crippen LogP contribution in [0.2, 0.25) is 0 Å². The summed E-state index contributed by atoms with van der Waals surface area (Å²) in [4.78, 5) is 16.6. The number of H-pyrrole nitrogens is 2. The summed E-state index contributed by atoms with van der Waals surface area (Å²) in [6.07, 6.45) is 7.91. The van der Waals surface area contributed by atoms with Crippen LogP contribution in [0.4, 0.5) is 4.39 Å². The summed E-state index contributed by atoms with van der Waals surface area (Å²) in [6, 6.07) is 13.9. The third-order valence-corrected chi connectivity index (χ3v) is 6.65. The molecule has 184 valence electrons. The summed E-state index contributed by atoms with van der Waals surface area (Å²) >= 11 is 0. The van der Waals surface area contributed by atoms with Crippen LogP contribution in [0.1, 0.15) is 5.56 Å². The molecule has 37 heavy (non-hydrogen) atoms. The number of sulfonamides is 1. The van der Waals surface area contributed by atoms with Crippen LogP contribution in [0.25, 0.3) is 55.7 Å². The van der Waals surface area contributed by atoms with Crippen LogP contribution in [0.15, 0.2) is 73.3 Å². The summed E-state index contributed by atoms with van der Waals surface area (Å²) < 4.78 is 39.9. The number of rotatable bonds is 6. The van der Waals surface area contributed by atoms with Crippen LogP contribution < -0.4 is 4.72 Å². The van der Waals surface area contributed by atoms with Crippen molar-refractivity contribution in [1.29, 1.82) is 0 Å². The molecule has 0 aliphatic carbocycles. The van der Waals surface area contributed by atoms with Crippen LogP contribution in [-0.2, 0) is 16.6 Å². The Kier molecular flexibility index (Phi) is 5.50. The molecule has 0 spiro atoms. The van der Waals surface area contributed by atoms with Gasteiger partial charge in [-0.3, -0.25) is 20.1 Å². The number of nitrogens with zero attached hydrogens (tertiary/aromatic N) is 4. The first-order valence-electron chi connectivity index (χ1n) is 11.3. The zero-order chi connectivity index (χ0) is 25.6. The number of fused-ring (bicyclic) bond motifs is 2. The molecular weight excluding hydrogens is 493 g/mol. The fourth-order valence-corrected chi connectivity index (χ4v) is 4.74. The highest BCUT2D eigenvalue weighted by Gasteiger charge is 2.16. The quantitative estimate of drug-likeness (QED) is 0.302. The topological polar surface area (TPSA) is 129 Å². The highest BCUT2D eigenvalue weighted by Crippen LogP contribution is 2.34. The van der Waals surface area contributed by atoms with Crippen molar-refractivity contribution in [2.75, 3.05) is 6.26 Å². The van der Waals surface area contributed by atoms with Crippen LogP contribution in [-0.4, -0.2) is 44.8 Å². The van der Waals surface area contributed by atoms with Gasteiger partial charge in [0.15, 0.2) is 0 Å². The Hall–Kier alpha value is -4.48. The van der Waals surface area contributed by atoms with Crippen molar-refractivity contribution in [1.82, 2.24) is 34.9 Å². The maximum absolute atomic E-state index is 14.5. The molecule has 11 heteroatoms. The number of aromatic nitrogens is 6. The largest absolute Gasteiger partial charge is 0.353 e. The molecule has 0 unspecified atom stereocenters. The normalized spacial score (nSPS) is 11.9. The van der Waals surface area contributed by atoms with Crippen molar-refractivity contribution in [2.45, 2.75) is 6.54 Å². The van der Waals surface area contributed by atoms with E-state index in [9.17, 15) is 12.8 Å². The van der Waals surface area contributed by atoms with Crippen molar-refractivity contribution in [3.63, 3.8) is 0 Å². The van der Waals surface area contributed by atoms with Gasteiger partial charge in [0.2, 0.25) is 10.0 Å². The van der Waals surface area contributed by atoms with E-state index in [0.717, 1.165) is 45.0 Å². The van der Waals surface area contributed by atoms with Gasteiger partial charge in [0.1, 0.15) is 11.5 Å². The molecule has 0 saturated heterocycles. The van der Waals surface area contributed by atoms with Crippen molar-refractivity contribution in [3.8, 4) is 33.9 Å². The summed E-state index contributed by atoms with van der Waals surface area (Å²) in [5.74, 6) is -0.480. The van der Waals surface area contributed by atoms with E-state index in [1.807, 2.05) is 30.3 Å². The predicted octanol–water partition coefficient (Wildman–Crippen LogP) is 4.42. The molecule has 0 aliphatic heterocycles. The molecule has 6 aromatic rings. The lowest BCUT2D eigenvalue weighted by Gasteiger charge is -2.07. The average molecular weight is 514 g/mol. The minimum Gasteiger partial charge on any atom is -0.353 e. The van der Waals surface area contributed by atoms with Crippen LogP contribution >= 0.6 is 0 Å². The Labute approximate surface area is 210 Å². The molecular formula is C26H20FN7O2S. The van der Waals surface area contributed by atoms with E-state index in [2.05, 4.69) is 34.9 Å². The molecule has 0 fully saturated rings. The van der Waals surface area contributed by atoms with Crippen LogP contribution in [0, 0.1) is 5.82 Å². The molecule has 0 aliphatic rings. The van der Waals surface area contributed by atoms with E-state index >= 15 is 0 Å². The average Bonchev–Trinajstić information content (AvgIpc) is 3.51. The zero-order valence-electron chi connectivity index (χ0n) is 19.5. The SMILES string of the molecule is CS(=O)(=O)NCc1cc(F)cc(-c2nccc3[nH]c(-c4n[nH]c5cnc(-c6cccnc6)cc45)cc23)c1. The third-order valence-electron chi connectivity index (χ3n) is 5.98. The summed E-state index contributed by atoms with van der Waals surface area (Å²) in [5, 5.41) is 9.21.